The fraction of sp³-hybridized carbons (Fsp3) is 0.714. The van der Waals surface area contributed by atoms with Gasteiger partial charge in [-0.1, -0.05) is 13.3 Å². The van der Waals surface area contributed by atoms with Crippen LogP contribution in [0.5, 0.6) is 0 Å². The molecule has 1 aromatic rings. The van der Waals surface area contributed by atoms with Crippen LogP contribution in [0.25, 0.3) is 0 Å². The predicted octanol–water partition coefficient (Wildman–Crippen LogP) is 1.83. The Hall–Kier alpha value is -1.00. The summed E-state index contributed by atoms with van der Waals surface area (Å²) in [6.07, 6.45) is 8.61. The monoisotopic (exact) mass is 248 g/mol. The van der Waals surface area contributed by atoms with Crippen LogP contribution in [0.4, 0.5) is 0 Å². The molecule has 0 amide bonds. The summed E-state index contributed by atoms with van der Waals surface area (Å²) in [4.78, 5) is 10.8. The molecule has 0 aliphatic carbocycles. The maximum atomic E-state index is 4.33. The maximum Gasteiger partial charge on any atom is 0.115 e. The van der Waals surface area contributed by atoms with E-state index >= 15 is 0 Å². The van der Waals surface area contributed by atoms with E-state index in [1.807, 2.05) is 12.3 Å². The van der Waals surface area contributed by atoms with E-state index in [1.54, 1.807) is 6.33 Å². The molecule has 1 N–H and O–H groups in total. The lowest BCUT2D eigenvalue weighted by atomic mass is 10.2. The van der Waals surface area contributed by atoms with E-state index in [1.165, 1.54) is 38.8 Å². The number of hydrogen-bond acceptors (Lipinski definition) is 4. The Labute approximate surface area is 110 Å². The molecule has 1 unspecified atom stereocenters. The highest BCUT2D eigenvalue weighted by Crippen LogP contribution is 2.10. The third-order valence-corrected chi connectivity index (χ3v) is 3.50. The number of nitrogens with one attached hydrogen (secondary N) is 1. The Morgan fingerprint density at radius 1 is 1.50 bits per heavy atom. The van der Waals surface area contributed by atoms with Crippen LogP contribution in [0.1, 0.15) is 38.3 Å². The molecule has 2 heterocycles. The third-order valence-electron chi connectivity index (χ3n) is 3.50. The first kappa shape index (κ1) is 13.4. The Morgan fingerprint density at radius 2 is 2.44 bits per heavy atom. The molecule has 1 atom stereocenters. The SMILES string of the molecule is CCCCN(Cc1ccncn1)CC1CCCN1. The number of rotatable bonds is 7. The number of nitrogens with zero attached hydrogens (tertiary/aromatic N) is 3. The molecule has 4 nitrogen and oxygen atoms in total. The first-order valence-corrected chi connectivity index (χ1v) is 7.09. The highest BCUT2D eigenvalue weighted by Gasteiger charge is 2.17. The zero-order valence-corrected chi connectivity index (χ0v) is 11.3. The molecule has 1 saturated heterocycles. The van der Waals surface area contributed by atoms with Crippen molar-refractivity contribution in [1.29, 1.82) is 0 Å². The van der Waals surface area contributed by atoms with Crippen molar-refractivity contribution < 1.29 is 0 Å². The molecule has 1 aromatic heterocycles. The zero-order chi connectivity index (χ0) is 12.6. The molecule has 0 bridgehead atoms. The van der Waals surface area contributed by atoms with Crippen LogP contribution in [0.2, 0.25) is 0 Å². The zero-order valence-electron chi connectivity index (χ0n) is 11.3. The van der Waals surface area contributed by atoms with Crippen LogP contribution >= 0.6 is 0 Å². The van der Waals surface area contributed by atoms with Gasteiger partial charge >= 0.3 is 0 Å². The van der Waals surface area contributed by atoms with E-state index in [-0.39, 0.29) is 0 Å². The van der Waals surface area contributed by atoms with E-state index < -0.39 is 0 Å². The minimum atomic E-state index is 0.670. The van der Waals surface area contributed by atoms with Crippen molar-refractivity contribution in [3.05, 3.63) is 24.3 Å². The molecule has 0 saturated carbocycles. The topological polar surface area (TPSA) is 41.1 Å². The quantitative estimate of drug-likeness (QED) is 0.799. The first-order valence-electron chi connectivity index (χ1n) is 7.09. The van der Waals surface area contributed by atoms with E-state index in [2.05, 4.69) is 27.1 Å². The lowest BCUT2D eigenvalue weighted by molar-refractivity contribution is 0.235. The summed E-state index contributed by atoms with van der Waals surface area (Å²) in [5, 5.41) is 3.57. The number of unbranched alkanes of at least 4 members (excludes halogenated alkanes) is 1. The van der Waals surface area contributed by atoms with Gasteiger partial charge in [0, 0.05) is 25.3 Å². The van der Waals surface area contributed by atoms with Crippen LogP contribution < -0.4 is 5.32 Å². The Bertz CT molecular complexity index is 322. The van der Waals surface area contributed by atoms with Crippen LogP contribution in [-0.4, -0.2) is 40.5 Å². The van der Waals surface area contributed by atoms with Gasteiger partial charge in [0.2, 0.25) is 0 Å². The van der Waals surface area contributed by atoms with Crippen molar-refractivity contribution in [3.63, 3.8) is 0 Å². The highest BCUT2D eigenvalue weighted by molar-refractivity contribution is 4.97. The molecule has 0 radical (unpaired) electrons. The molecular formula is C14H24N4. The lowest BCUT2D eigenvalue weighted by Crippen LogP contribution is -2.37. The average Bonchev–Trinajstić information content (AvgIpc) is 2.90. The summed E-state index contributed by atoms with van der Waals surface area (Å²) in [6.45, 7) is 6.68. The summed E-state index contributed by atoms with van der Waals surface area (Å²) in [7, 11) is 0. The van der Waals surface area contributed by atoms with Crippen molar-refractivity contribution >= 4 is 0 Å². The number of aromatic nitrogens is 2. The molecule has 4 heteroatoms. The second kappa shape index (κ2) is 7.44. The van der Waals surface area contributed by atoms with Gasteiger partial charge in [-0.05, 0) is 38.4 Å². The van der Waals surface area contributed by atoms with Crippen LogP contribution in [0.15, 0.2) is 18.6 Å². The summed E-state index contributed by atoms with van der Waals surface area (Å²) < 4.78 is 0. The van der Waals surface area contributed by atoms with Crippen LogP contribution in [0, 0.1) is 0 Å². The van der Waals surface area contributed by atoms with Gasteiger partial charge in [0.25, 0.3) is 0 Å². The summed E-state index contributed by atoms with van der Waals surface area (Å²) >= 11 is 0. The van der Waals surface area contributed by atoms with E-state index in [0.717, 1.165) is 18.8 Å². The predicted molar refractivity (Wildman–Crippen MR) is 73.2 cm³/mol. The van der Waals surface area contributed by atoms with E-state index in [4.69, 9.17) is 0 Å². The molecule has 100 valence electrons. The van der Waals surface area contributed by atoms with Gasteiger partial charge < -0.3 is 5.32 Å². The Balaban J connectivity index is 1.87. The van der Waals surface area contributed by atoms with Crippen LogP contribution in [0.3, 0.4) is 0 Å². The molecule has 1 aliphatic heterocycles. The lowest BCUT2D eigenvalue weighted by Gasteiger charge is -2.25. The van der Waals surface area contributed by atoms with Crippen molar-refractivity contribution in [2.24, 2.45) is 0 Å². The first-order chi connectivity index (χ1) is 8.88. The minimum absolute atomic E-state index is 0.670. The summed E-state index contributed by atoms with van der Waals surface area (Å²) in [5.74, 6) is 0. The second-order valence-corrected chi connectivity index (χ2v) is 5.08. The van der Waals surface area contributed by atoms with Crippen molar-refractivity contribution in [3.8, 4) is 0 Å². The highest BCUT2D eigenvalue weighted by atomic mass is 15.2. The van der Waals surface area contributed by atoms with E-state index in [0.29, 0.717) is 6.04 Å². The molecule has 2 rings (SSSR count). The van der Waals surface area contributed by atoms with Crippen molar-refractivity contribution in [2.75, 3.05) is 19.6 Å². The smallest absolute Gasteiger partial charge is 0.115 e. The fourth-order valence-corrected chi connectivity index (χ4v) is 2.48. The Kier molecular flexibility index (Phi) is 5.55. The van der Waals surface area contributed by atoms with Gasteiger partial charge in [-0.2, -0.15) is 0 Å². The van der Waals surface area contributed by atoms with Gasteiger partial charge in [0.1, 0.15) is 6.33 Å². The largest absolute Gasteiger partial charge is 0.313 e. The molecule has 0 spiro atoms. The summed E-state index contributed by atoms with van der Waals surface area (Å²) in [5.41, 5.74) is 1.12. The van der Waals surface area contributed by atoms with Gasteiger partial charge in [-0.25, -0.2) is 9.97 Å². The van der Waals surface area contributed by atoms with Gasteiger partial charge in [-0.3, -0.25) is 4.90 Å². The molecular weight excluding hydrogens is 224 g/mol. The average molecular weight is 248 g/mol. The molecule has 18 heavy (non-hydrogen) atoms. The normalized spacial score (nSPS) is 19.6. The molecule has 1 fully saturated rings. The Morgan fingerprint density at radius 3 is 3.11 bits per heavy atom. The van der Waals surface area contributed by atoms with Gasteiger partial charge in [-0.15, -0.1) is 0 Å². The minimum Gasteiger partial charge on any atom is -0.313 e. The molecule has 1 aliphatic rings. The van der Waals surface area contributed by atoms with Gasteiger partial charge in [0.15, 0.2) is 0 Å². The van der Waals surface area contributed by atoms with Gasteiger partial charge in [0.05, 0.1) is 5.69 Å². The maximum absolute atomic E-state index is 4.33. The van der Waals surface area contributed by atoms with Crippen molar-refractivity contribution in [2.45, 2.75) is 45.2 Å². The van der Waals surface area contributed by atoms with Crippen LogP contribution in [-0.2, 0) is 6.54 Å². The molecule has 0 aromatic carbocycles. The second-order valence-electron chi connectivity index (χ2n) is 5.08. The number of hydrogen-bond donors (Lipinski definition) is 1. The third kappa shape index (κ3) is 4.35. The standard InChI is InChI=1S/C14H24N4/c1-2-3-9-18(10-13-5-4-7-16-13)11-14-6-8-15-12-17-14/h6,8,12-13,16H,2-5,7,9-11H2,1H3. The summed E-state index contributed by atoms with van der Waals surface area (Å²) in [6, 6.07) is 2.68. The van der Waals surface area contributed by atoms with Crippen molar-refractivity contribution in [1.82, 2.24) is 20.2 Å². The van der Waals surface area contributed by atoms with E-state index in [9.17, 15) is 0 Å². The fourth-order valence-electron chi connectivity index (χ4n) is 2.48.